The molecule has 0 spiro atoms. The van der Waals surface area contributed by atoms with Crippen molar-refractivity contribution in [2.45, 2.75) is 10.8 Å². The average Bonchev–Trinajstić information content (AvgIpc) is 1.78. The van der Waals surface area contributed by atoms with Gasteiger partial charge in [0.05, 0.1) is 10.8 Å². The van der Waals surface area contributed by atoms with E-state index in [0.29, 0.717) is 33.8 Å². The molecule has 2 aliphatic carbocycles. The van der Waals surface area contributed by atoms with Gasteiger partial charge in [0.25, 0.3) is 0 Å². The second kappa shape index (κ2) is 21.0. The summed E-state index contributed by atoms with van der Waals surface area (Å²) >= 11 is 0. The van der Waals surface area contributed by atoms with Crippen molar-refractivity contribution >= 4 is 29.2 Å². The van der Waals surface area contributed by atoms with Crippen LogP contribution in [0.5, 0.6) is 23.0 Å². The van der Waals surface area contributed by atoms with Gasteiger partial charge in [-0.3, -0.25) is 0 Å². The van der Waals surface area contributed by atoms with E-state index in [0.717, 1.165) is 23.3 Å². The molecular weight excluding hydrogens is 1120 g/mol. The maximum atomic E-state index is 17.2. The molecule has 0 bridgehead atoms. The molecule has 14 heteroatoms. The normalized spacial score (nSPS) is 15.3. The predicted octanol–water partition coefficient (Wildman–Crippen LogP) is 20.3. The number of anilines is 3. The van der Waals surface area contributed by atoms with Crippen LogP contribution in [0.25, 0.3) is 34.4 Å². The van der Waals surface area contributed by atoms with Crippen LogP contribution in [-0.2, 0) is 10.8 Å². The minimum atomic E-state index is -2.38. The summed E-state index contributed by atoms with van der Waals surface area (Å²) in [7, 11) is 0. The molecule has 0 fully saturated rings. The Bertz CT molecular complexity index is 4240. The van der Waals surface area contributed by atoms with Gasteiger partial charge in [0.15, 0.2) is 46.5 Å². The number of nitrogens with zero attached hydrogens (tertiary/aromatic N) is 1. The Labute approximate surface area is 485 Å². The second-order valence-electron chi connectivity index (χ2n) is 20.6. The van der Waals surface area contributed by atoms with Gasteiger partial charge in [-0.1, -0.05) is 135 Å². The predicted molar refractivity (Wildman–Crippen MR) is 308 cm³/mol. The molecule has 0 aliphatic heterocycles. The summed E-state index contributed by atoms with van der Waals surface area (Å²) in [6, 6.07) is 52.8. The fourth-order valence-electron chi connectivity index (χ4n) is 12.3. The summed E-state index contributed by atoms with van der Waals surface area (Å²) < 4.78 is 190. The average molecular weight is 1160 g/mol. The van der Waals surface area contributed by atoms with Crippen LogP contribution in [0.2, 0.25) is 0 Å². The second-order valence-corrected chi connectivity index (χ2v) is 20.6. The van der Waals surface area contributed by atoms with Crippen LogP contribution in [0.3, 0.4) is 0 Å². The third-order valence-electron chi connectivity index (χ3n) is 16.1. The molecule has 3 nitrogen and oxygen atoms in total. The molecule has 86 heavy (non-hydrogen) atoms. The molecule has 0 radical (unpaired) electrons. The fourth-order valence-corrected chi connectivity index (χ4v) is 12.3. The molecule has 0 amide bonds. The monoisotopic (exact) mass is 1160 g/mol. The first kappa shape index (κ1) is 54.8. The van der Waals surface area contributed by atoms with Crippen LogP contribution in [0.4, 0.5) is 65.4 Å². The third kappa shape index (κ3) is 8.33. The van der Waals surface area contributed by atoms with E-state index in [4.69, 9.17) is 9.47 Å². The zero-order valence-corrected chi connectivity index (χ0v) is 44.6. The minimum absolute atomic E-state index is 0.0171. The number of hydrogen-bond donors (Lipinski definition) is 0. The number of halogens is 11. The van der Waals surface area contributed by atoms with Gasteiger partial charge in [0.2, 0.25) is 11.6 Å². The van der Waals surface area contributed by atoms with Crippen molar-refractivity contribution < 1.29 is 57.8 Å². The van der Waals surface area contributed by atoms with Crippen LogP contribution in [0, 0.1) is 64.0 Å². The van der Waals surface area contributed by atoms with E-state index in [1.807, 2.05) is 0 Å². The van der Waals surface area contributed by atoms with Crippen LogP contribution in [-0.4, -0.2) is 0 Å². The van der Waals surface area contributed by atoms with E-state index in [2.05, 4.69) is 13.2 Å². The summed E-state index contributed by atoms with van der Waals surface area (Å²) in [6.45, 7) is 7.54. The van der Waals surface area contributed by atoms with Gasteiger partial charge in [-0.2, -0.15) is 0 Å². The molecule has 13 rings (SSSR count). The maximum absolute atomic E-state index is 17.2. The first-order valence-electron chi connectivity index (χ1n) is 26.7. The van der Waals surface area contributed by atoms with Crippen molar-refractivity contribution in [2.75, 3.05) is 4.90 Å². The Morgan fingerprint density at radius 3 is 0.953 bits per heavy atom. The van der Waals surface area contributed by atoms with Crippen LogP contribution < -0.4 is 14.4 Å². The number of fused-ring (bicyclic) bond motifs is 6. The Morgan fingerprint density at radius 2 is 0.605 bits per heavy atom. The van der Waals surface area contributed by atoms with Crippen LogP contribution >= 0.6 is 0 Å². The van der Waals surface area contributed by atoms with Crippen LogP contribution in [0.15, 0.2) is 219 Å². The number of hydrogen-bond acceptors (Lipinski definition) is 3. The first-order chi connectivity index (χ1) is 41.6. The molecule has 0 aromatic heterocycles. The van der Waals surface area contributed by atoms with Gasteiger partial charge in [0.1, 0.15) is 28.8 Å². The molecule has 2 atom stereocenters. The number of rotatable bonds is 13. The zero-order chi connectivity index (χ0) is 59.9. The van der Waals surface area contributed by atoms with Crippen molar-refractivity contribution in [1.29, 1.82) is 0 Å². The lowest BCUT2D eigenvalue weighted by Crippen LogP contribution is -2.33. The highest BCUT2D eigenvalue weighted by Crippen LogP contribution is 2.61. The van der Waals surface area contributed by atoms with Crippen molar-refractivity contribution in [2.24, 2.45) is 0 Å². The number of benzene rings is 11. The summed E-state index contributed by atoms with van der Waals surface area (Å²) in [6.07, 6.45) is 3.29. The van der Waals surface area contributed by atoms with Gasteiger partial charge in [-0.25, -0.2) is 48.3 Å². The van der Waals surface area contributed by atoms with Gasteiger partial charge in [-0.15, -0.1) is 0 Å². The molecule has 11 aromatic carbocycles. The molecular formula is C72H40F11NO2. The summed E-state index contributed by atoms with van der Waals surface area (Å²) in [5.41, 5.74) is -3.33. The highest BCUT2D eigenvalue weighted by atomic mass is 19.2. The van der Waals surface area contributed by atoms with Crippen molar-refractivity contribution in [1.82, 2.24) is 0 Å². The number of ether oxygens (including phenoxy) is 2. The minimum Gasteiger partial charge on any atom is -0.457 e. The SMILES string of the molecule is C=Cc1ccc(Oc2ccc(C3(c4c(F)c(F)c(F)c(F)c4F)c4ccccc4-c4ccc(N(c5ccc(F)cc5)c5ccc6c(c5)C(c5ccc(Oc7ccc(C=C)cc7)cc5)(c5c(F)c(F)c(F)c(F)c5F)c5ccccc5-6)cc43)cc2)cc1. The quantitative estimate of drug-likeness (QED) is 0.0652. The molecule has 0 saturated carbocycles. The van der Waals surface area contributed by atoms with Crippen molar-refractivity contribution in [3.8, 4) is 45.3 Å². The highest BCUT2D eigenvalue weighted by molar-refractivity contribution is 5.92. The zero-order valence-electron chi connectivity index (χ0n) is 44.6. The maximum Gasteiger partial charge on any atom is 0.200 e. The van der Waals surface area contributed by atoms with Gasteiger partial charge < -0.3 is 14.4 Å². The molecule has 2 aliphatic rings. The Morgan fingerprint density at radius 1 is 0.302 bits per heavy atom. The van der Waals surface area contributed by atoms with Crippen LogP contribution in [0.1, 0.15) is 55.6 Å². The summed E-state index contributed by atoms with van der Waals surface area (Å²) in [5, 5.41) is 0. The topological polar surface area (TPSA) is 21.7 Å². The Kier molecular flexibility index (Phi) is 13.4. The van der Waals surface area contributed by atoms with Gasteiger partial charge in [0, 0.05) is 28.2 Å². The molecule has 0 heterocycles. The standard InChI is InChI=1S/C72H40F11NO2/c1-3-39-13-27-47(28-14-39)85-49-31-17-41(18-32-49)71(59-61(74)65(78)69(82)66(79)62(59)75)55-11-7-5-9-51(55)53-35-25-45(37-57(53)71)84(44-23-21-43(73)22-24-44)46-26-36-54-52-10-6-8-12-56(52)72(58(54)38-46,60-63(76)67(80)70(83)68(81)64(60)77)42-19-33-50(34-20-42)86-48-29-15-40(4-2)16-30-48/h3-38H,1-2H2. The molecule has 2 unspecified atom stereocenters. The molecule has 0 saturated heterocycles. The van der Waals surface area contributed by atoms with Gasteiger partial charge in [-0.05, 0) is 164 Å². The third-order valence-corrected chi connectivity index (χ3v) is 16.1. The van der Waals surface area contributed by atoms with Gasteiger partial charge >= 0.3 is 0 Å². The lowest BCUT2D eigenvalue weighted by molar-refractivity contribution is 0.363. The van der Waals surface area contributed by atoms with E-state index < -0.39 is 85.9 Å². The fraction of sp³-hybridized carbons (Fsp3) is 0.0278. The summed E-state index contributed by atoms with van der Waals surface area (Å²) in [5.74, 6) is -21.4. The van der Waals surface area contributed by atoms with E-state index in [-0.39, 0.29) is 61.9 Å². The van der Waals surface area contributed by atoms with Crippen molar-refractivity contribution in [3.05, 3.63) is 339 Å². The smallest absolute Gasteiger partial charge is 0.200 e. The van der Waals surface area contributed by atoms with E-state index in [1.54, 1.807) is 126 Å². The largest absolute Gasteiger partial charge is 0.457 e. The Hall–Kier alpha value is -10.5. The Balaban J connectivity index is 1.06. The molecule has 422 valence electrons. The van der Waals surface area contributed by atoms with E-state index in [1.165, 1.54) is 84.9 Å². The van der Waals surface area contributed by atoms with E-state index >= 15 is 48.3 Å². The molecule has 0 N–H and O–H groups in total. The highest BCUT2D eigenvalue weighted by Gasteiger charge is 2.53. The lowest BCUT2D eigenvalue weighted by Gasteiger charge is -2.36. The first-order valence-corrected chi connectivity index (χ1v) is 26.7. The lowest BCUT2D eigenvalue weighted by atomic mass is 9.67. The van der Waals surface area contributed by atoms with Crippen molar-refractivity contribution in [3.63, 3.8) is 0 Å². The van der Waals surface area contributed by atoms with E-state index in [9.17, 15) is 0 Å². The molecule has 11 aromatic rings. The summed E-state index contributed by atoms with van der Waals surface area (Å²) in [4.78, 5) is 1.54.